The SMILES string of the molecule is CC#C[C@H]1CN(S(=O)(=O)c2ccc(N)nc2)CCN1c1ccc(C(C)(O)C(F)(F)F)cn1. The van der Waals surface area contributed by atoms with E-state index in [1.54, 1.807) is 11.8 Å². The summed E-state index contributed by atoms with van der Waals surface area (Å²) in [6.45, 7) is 2.61. The standard InChI is InChI=1S/C20H22F3N5O3S/c1-3-4-15-13-27(32(30,31)16-6-7-17(24)25-12-16)9-10-28(15)18-8-5-14(11-26-18)19(2,29)20(21,22)23/h5-8,11-12,15,29H,9-10,13H2,1-2H3,(H2,24,25)/t15-,19?/m0/s1. The number of anilines is 2. The molecule has 3 N–H and O–H groups in total. The average Bonchev–Trinajstić information content (AvgIpc) is 2.73. The Morgan fingerprint density at radius 3 is 2.41 bits per heavy atom. The Hall–Kier alpha value is -2.88. The van der Waals surface area contributed by atoms with Gasteiger partial charge in [-0.2, -0.15) is 17.5 Å². The second kappa shape index (κ2) is 8.57. The number of alkyl halides is 3. The van der Waals surface area contributed by atoms with Crippen LogP contribution in [-0.4, -0.2) is 59.6 Å². The summed E-state index contributed by atoms with van der Waals surface area (Å²) >= 11 is 0. The number of aliphatic hydroxyl groups is 1. The molecule has 2 aromatic rings. The Bertz CT molecular complexity index is 1120. The molecular weight excluding hydrogens is 447 g/mol. The number of pyridine rings is 2. The van der Waals surface area contributed by atoms with Gasteiger partial charge in [0.05, 0.1) is 0 Å². The Morgan fingerprint density at radius 2 is 1.88 bits per heavy atom. The molecule has 172 valence electrons. The number of piperazine rings is 1. The van der Waals surface area contributed by atoms with Crippen molar-refractivity contribution in [3.05, 3.63) is 42.2 Å². The van der Waals surface area contributed by atoms with Crippen LogP contribution in [0, 0.1) is 11.8 Å². The fourth-order valence-electron chi connectivity index (χ4n) is 3.24. The van der Waals surface area contributed by atoms with Crippen molar-refractivity contribution in [3.63, 3.8) is 0 Å². The van der Waals surface area contributed by atoms with Gasteiger partial charge in [0.15, 0.2) is 5.60 Å². The summed E-state index contributed by atoms with van der Waals surface area (Å²) in [5, 5.41) is 9.82. The molecule has 1 unspecified atom stereocenters. The van der Waals surface area contributed by atoms with E-state index in [0.717, 1.165) is 12.3 Å². The van der Waals surface area contributed by atoms with Crippen molar-refractivity contribution < 1.29 is 26.7 Å². The second-order valence-corrected chi connectivity index (χ2v) is 9.30. The molecule has 8 nitrogen and oxygen atoms in total. The van der Waals surface area contributed by atoms with Crippen molar-refractivity contribution in [3.8, 4) is 11.8 Å². The maximum Gasteiger partial charge on any atom is 0.421 e. The van der Waals surface area contributed by atoms with Gasteiger partial charge in [0, 0.05) is 37.6 Å². The van der Waals surface area contributed by atoms with E-state index in [4.69, 9.17) is 5.73 Å². The van der Waals surface area contributed by atoms with Crippen molar-refractivity contribution >= 4 is 21.7 Å². The van der Waals surface area contributed by atoms with Crippen molar-refractivity contribution in [2.24, 2.45) is 0 Å². The van der Waals surface area contributed by atoms with E-state index in [-0.39, 0.29) is 30.3 Å². The Balaban J connectivity index is 1.84. The zero-order chi connectivity index (χ0) is 23.7. The summed E-state index contributed by atoms with van der Waals surface area (Å²) in [7, 11) is -3.84. The van der Waals surface area contributed by atoms with Crippen molar-refractivity contribution in [2.45, 2.75) is 36.6 Å². The first-order valence-corrected chi connectivity index (χ1v) is 11.0. The van der Waals surface area contributed by atoms with E-state index in [9.17, 15) is 26.7 Å². The lowest BCUT2D eigenvalue weighted by molar-refractivity contribution is -0.259. The van der Waals surface area contributed by atoms with Gasteiger partial charge in [0.2, 0.25) is 10.0 Å². The molecule has 3 heterocycles. The molecule has 0 amide bonds. The lowest BCUT2D eigenvalue weighted by atomic mass is 9.97. The van der Waals surface area contributed by atoms with Crippen LogP contribution < -0.4 is 10.6 Å². The fourth-order valence-corrected chi connectivity index (χ4v) is 4.63. The summed E-state index contributed by atoms with van der Waals surface area (Å²) in [6.07, 6.45) is -2.71. The Labute approximate surface area is 183 Å². The Morgan fingerprint density at radius 1 is 1.16 bits per heavy atom. The topological polar surface area (TPSA) is 113 Å². The molecule has 0 bridgehead atoms. The molecule has 12 heteroatoms. The number of nitrogens with zero attached hydrogens (tertiary/aromatic N) is 4. The quantitative estimate of drug-likeness (QED) is 0.656. The van der Waals surface area contributed by atoms with Gasteiger partial charge < -0.3 is 15.7 Å². The largest absolute Gasteiger partial charge is 0.421 e. The highest BCUT2D eigenvalue weighted by Gasteiger charge is 2.51. The summed E-state index contributed by atoms with van der Waals surface area (Å²) in [5.41, 5.74) is 2.08. The predicted octanol–water partition coefficient (Wildman–Crippen LogP) is 1.73. The number of rotatable bonds is 4. The lowest BCUT2D eigenvalue weighted by Gasteiger charge is -2.39. The van der Waals surface area contributed by atoms with Gasteiger partial charge in [0.25, 0.3) is 0 Å². The zero-order valence-corrected chi connectivity index (χ0v) is 18.2. The first-order chi connectivity index (χ1) is 14.9. The third-order valence-electron chi connectivity index (χ3n) is 5.21. The molecule has 2 aromatic heterocycles. The van der Waals surface area contributed by atoms with E-state index in [1.165, 1.54) is 28.7 Å². The molecule has 1 aliphatic rings. The highest BCUT2D eigenvalue weighted by atomic mass is 32.2. The minimum atomic E-state index is -4.86. The molecule has 0 radical (unpaired) electrons. The van der Waals surface area contributed by atoms with Gasteiger partial charge in [-0.3, -0.25) is 0 Å². The smallest absolute Gasteiger partial charge is 0.384 e. The average molecular weight is 469 g/mol. The first-order valence-electron chi connectivity index (χ1n) is 9.54. The fraction of sp³-hybridized carbons (Fsp3) is 0.400. The molecule has 0 spiro atoms. The minimum absolute atomic E-state index is 0.000202. The van der Waals surface area contributed by atoms with Crippen LogP contribution in [0.5, 0.6) is 0 Å². The van der Waals surface area contributed by atoms with Crippen molar-refractivity contribution in [2.75, 3.05) is 30.3 Å². The van der Waals surface area contributed by atoms with Gasteiger partial charge in [-0.15, -0.1) is 5.92 Å². The molecule has 0 aliphatic carbocycles. The summed E-state index contributed by atoms with van der Waals surface area (Å²) in [4.78, 5) is 9.62. The van der Waals surface area contributed by atoms with E-state index in [0.29, 0.717) is 12.7 Å². The van der Waals surface area contributed by atoms with Crippen LogP contribution in [0.4, 0.5) is 24.8 Å². The van der Waals surface area contributed by atoms with Crippen LogP contribution >= 0.6 is 0 Å². The van der Waals surface area contributed by atoms with E-state index < -0.39 is 33.4 Å². The summed E-state index contributed by atoms with van der Waals surface area (Å²) in [5.74, 6) is 6.20. The molecule has 1 fully saturated rings. The number of hydrogen-bond acceptors (Lipinski definition) is 7. The lowest BCUT2D eigenvalue weighted by Crippen LogP contribution is -2.54. The van der Waals surface area contributed by atoms with Crippen molar-refractivity contribution in [1.82, 2.24) is 14.3 Å². The molecule has 2 atom stereocenters. The molecule has 0 aromatic carbocycles. The number of nitrogen functional groups attached to an aromatic ring is 1. The number of sulfonamides is 1. The predicted molar refractivity (Wildman–Crippen MR) is 112 cm³/mol. The van der Waals surface area contributed by atoms with E-state index >= 15 is 0 Å². The van der Waals surface area contributed by atoms with Gasteiger partial charge >= 0.3 is 6.18 Å². The van der Waals surface area contributed by atoms with Crippen LogP contribution in [0.3, 0.4) is 0 Å². The minimum Gasteiger partial charge on any atom is -0.384 e. The van der Waals surface area contributed by atoms with Crippen LogP contribution in [0.2, 0.25) is 0 Å². The van der Waals surface area contributed by atoms with Gasteiger partial charge in [-0.05, 0) is 32.0 Å². The number of halogens is 3. The van der Waals surface area contributed by atoms with E-state index in [1.807, 2.05) is 0 Å². The number of aromatic nitrogens is 2. The highest BCUT2D eigenvalue weighted by Crippen LogP contribution is 2.38. The second-order valence-electron chi connectivity index (χ2n) is 7.36. The van der Waals surface area contributed by atoms with E-state index in [2.05, 4.69) is 21.8 Å². The molecule has 1 aliphatic heterocycles. The third-order valence-corrected chi connectivity index (χ3v) is 7.06. The normalized spacial score (nSPS) is 19.7. The van der Waals surface area contributed by atoms with Gasteiger partial charge in [0.1, 0.15) is 22.6 Å². The van der Waals surface area contributed by atoms with Crippen LogP contribution in [0.25, 0.3) is 0 Å². The van der Waals surface area contributed by atoms with Crippen LogP contribution in [0.15, 0.2) is 41.6 Å². The maximum atomic E-state index is 13.1. The highest BCUT2D eigenvalue weighted by molar-refractivity contribution is 7.89. The zero-order valence-electron chi connectivity index (χ0n) is 17.3. The monoisotopic (exact) mass is 469 g/mol. The third kappa shape index (κ3) is 4.50. The number of hydrogen-bond donors (Lipinski definition) is 2. The first kappa shape index (κ1) is 23.8. The summed E-state index contributed by atoms with van der Waals surface area (Å²) in [6, 6.07) is 4.70. The molecule has 1 saturated heterocycles. The van der Waals surface area contributed by atoms with Gasteiger partial charge in [-0.25, -0.2) is 18.4 Å². The maximum absolute atomic E-state index is 13.1. The summed E-state index contributed by atoms with van der Waals surface area (Å²) < 4.78 is 66.4. The molecule has 0 saturated carbocycles. The molecule has 3 rings (SSSR count). The van der Waals surface area contributed by atoms with Crippen LogP contribution in [0.1, 0.15) is 19.4 Å². The molecule has 32 heavy (non-hydrogen) atoms. The van der Waals surface area contributed by atoms with Gasteiger partial charge in [-0.1, -0.05) is 12.0 Å². The van der Waals surface area contributed by atoms with Crippen LogP contribution in [-0.2, 0) is 15.6 Å². The van der Waals surface area contributed by atoms with Crippen molar-refractivity contribution in [1.29, 1.82) is 0 Å². The Kier molecular flexibility index (Phi) is 6.37. The number of nitrogens with two attached hydrogens (primary N) is 1. The molecular formula is C20H22F3N5O3S.